The van der Waals surface area contributed by atoms with Gasteiger partial charge in [0.2, 0.25) is 0 Å². The third kappa shape index (κ3) is 4.35. The second-order valence-corrected chi connectivity index (χ2v) is 5.66. The summed E-state index contributed by atoms with van der Waals surface area (Å²) in [6.07, 6.45) is 0. The average Bonchev–Trinajstić information content (AvgIpc) is 2.66. The first-order valence-corrected chi connectivity index (χ1v) is 8.11. The number of methoxy groups -OCH3 is 1. The fourth-order valence-electron chi connectivity index (χ4n) is 2.54. The summed E-state index contributed by atoms with van der Waals surface area (Å²) in [4.78, 5) is 12.1. The van der Waals surface area contributed by atoms with Crippen molar-refractivity contribution in [3.05, 3.63) is 48.0 Å². The summed E-state index contributed by atoms with van der Waals surface area (Å²) in [6, 6.07) is 12.6. The molecule has 1 aliphatic rings. The van der Waals surface area contributed by atoms with Gasteiger partial charge in [-0.05, 0) is 36.8 Å². The maximum atomic E-state index is 12.1. The minimum atomic E-state index is -0.204. The third-order valence-electron chi connectivity index (χ3n) is 3.85. The lowest BCUT2D eigenvalue weighted by Crippen LogP contribution is -2.31. The first-order chi connectivity index (χ1) is 12.2. The van der Waals surface area contributed by atoms with Crippen LogP contribution in [0.1, 0.15) is 18.5 Å². The Labute approximate surface area is 146 Å². The standard InChI is InChI=1S/C19H21NO5/c1-13(14-6-7-17-18(10-14)24-9-8-23-17)20-19(21)12-25-16-5-3-4-15(11-16)22-2/h3-7,10-11,13H,8-9,12H2,1-2H3,(H,20,21)/t13-/m0/s1. The van der Waals surface area contributed by atoms with Crippen molar-refractivity contribution in [3.63, 3.8) is 0 Å². The molecular formula is C19H21NO5. The van der Waals surface area contributed by atoms with E-state index in [9.17, 15) is 4.79 Å². The third-order valence-corrected chi connectivity index (χ3v) is 3.85. The summed E-state index contributed by atoms with van der Waals surface area (Å²) in [7, 11) is 1.58. The minimum absolute atomic E-state index is 0.0674. The lowest BCUT2D eigenvalue weighted by atomic mass is 10.1. The van der Waals surface area contributed by atoms with E-state index < -0.39 is 0 Å². The zero-order valence-electron chi connectivity index (χ0n) is 14.3. The number of hydrogen-bond acceptors (Lipinski definition) is 5. The van der Waals surface area contributed by atoms with E-state index in [0.717, 1.165) is 11.3 Å². The molecule has 6 heteroatoms. The van der Waals surface area contributed by atoms with Gasteiger partial charge in [0.05, 0.1) is 13.2 Å². The van der Waals surface area contributed by atoms with E-state index in [1.807, 2.05) is 37.3 Å². The highest BCUT2D eigenvalue weighted by Crippen LogP contribution is 2.32. The Morgan fingerprint density at radius 3 is 2.68 bits per heavy atom. The van der Waals surface area contributed by atoms with Crippen molar-refractivity contribution in [2.24, 2.45) is 0 Å². The molecule has 1 atom stereocenters. The Kier molecular flexibility index (Phi) is 5.28. The number of ether oxygens (including phenoxy) is 4. The largest absolute Gasteiger partial charge is 0.497 e. The van der Waals surface area contributed by atoms with Gasteiger partial charge in [-0.3, -0.25) is 4.79 Å². The van der Waals surface area contributed by atoms with Crippen LogP contribution in [0.3, 0.4) is 0 Å². The number of hydrogen-bond donors (Lipinski definition) is 1. The number of benzene rings is 2. The molecular weight excluding hydrogens is 322 g/mol. The van der Waals surface area contributed by atoms with Gasteiger partial charge in [0, 0.05) is 6.07 Å². The van der Waals surface area contributed by atoms with Gasteiger partial charge in [-0.15, -0.1) is 0 Å². The Morgan fingerprint density at radius 2 is 1.88 bits per heavy atom. The quantitative estimate of drug-likeness (QED) is 0.874. The van der Waals surface area contributed by atoms with Crippen molar-refractivity contribution in [1.29, 1.82) is 0 Å². The Bertz CT molecular complexity index is 746. The maximum absolute atomic E-state index is 12.1. The van der Waals surface area contributed by atoms with Gasteiger partial charge < -0.3 is 24.3 Å². The molecule has 6 nitrogen and oxygen atoms in total. The molecule has 0 saturated heterocycles. The molecule has 25 heavy (non-hydrogen) atoms. The molecule has 3 rings (SSSR count). The summed E-state index contributed by atoms with van der Waals surface area (Å²) >= 11 is 0. The second-order valence-electron chi connectivity index (χ2n) is 5.66. The van der Waals surface area contributed by atoms with Crippen LogP contribution in [-0.2, 0) is 4.79 Å². The number of carbonyl (C=O) groups is 1. The van der Waals surface area contributed by atoms with Gasteiger partial charge in [-0.25, -0.2) is 0 Å². The average molecular weight is 343 g/mol. The predicted molar refractivity (Wildman–Crippen MR) is 92.5 cm³/mol. The van der Waals surface area contributed by atoms with Crippen LogP contribution in [0.15, 0.2) is 42.5 Å². The highest BCUT2D eigenvalue weighted by atomic mass is 16.6. The molecule has 0 spiro atoms. The predicted octanol–water partition coefficient (Wildman–Crippen LogP) is 2.72. The summed E-state index contributed by atoms with van der Waals surface area (Å²) in [5, 5.41) is 2.91. The smallest absolute Gasteiger partial charge is 0.258 e. The normalized spacial score (nSPS) is 13.7. The zero-order valence-corrected chi connectivity index (χ0v) is 14.3. The van der Waals surface area contributed by atoms with Gasteiger partial charge in [0.1, 0.15) is 24.7 Å². The van der Waals surface area contributed by atoms with Crippen LogP contribution >= 0.6 is 0 Å². The molecule has 2 aromatic carbocycles. The fourth-order valence-corrected chi connectivity index (χ4v) is 2.54. The second kappa shape index (κ2) is 7.79. The van der Waals surface area contributed by atoms with E-state index in [-0.39, 0.29) is 18.6 Å². The molecule has 0 radical (unpaired) electrons. The van der Waals surface area contributed by atoms with Gasteiger partial charge in [0.15, 0.2) is 18.1 Å². The molecule has 0 unspecified atom stereocenters. The molecule has 0 saturated carbocycles. The van der Waals surface area contributed by atoms with E-state index in [1.165, 1.54) is 0 Å². The summed E-state index contributed by atoms with van der Waals surface area (Å²) < 4.78 is 21.7. The van der Waals surface area contributed by atoms with Crippen LogP contribution in [0.2, 0.25) is 0 Å². The molecule has 0 fully saturated rings. The Morgan fingerprint density at radius 1 is 1.12 bits per heavy atom. The Hall–Kier alpha value is -2.89. The van der Waals surface area contributed by atoms with Crippen molar-refractivity contribution in [1.82, 2.24) is 5.32 Å². The van der Waals surface area contributed by atoms with E-state index in [2.05, 4.69) is 5.32 Å². The molecule has 1 N–H and O–H groups in total. The topological polar surface area (TPSA) is 66.0 Å². The van der Waals surface area contributed by atoms with Gasteiger partial charge in [0.25, 0.3) is 5.91 Å². The maximum Gasteiger partial charge on any atom is 0.258 e. The highest BCUT2D eigenvalue weighted by molar-refractivity contribution is 5.78. The van der Waals surface area contributed by atoms with Crippen molar-refractivity contribution >= 4 is 5.91 Å². The first kappa shape index (κ1) is 17.0. The first-order valence-electron chi connectivity index (χ1n) is 8.11. The van der Waals surface area contributed by atoms with Crippen LogP contribution in [-0.4, -0.2) is 32.8 Å². The summed E-state index contributed by atoms with van der Waals surface area (Å²) in [5.41, 5.74) is 0.944. The van der Waals surface area contributed by atoms with Gasteiger partial charge in [-0.1, -0.05) is 12.1 Å². The van der Waals surface area contributed by atoms with Crippen molar-refractivity contribution in [3.8, 4) is 23.0 Å². The van der Waals surface area contributed by atoms with Crippen molar-refractivity contribution in [2.75, 3.05) is 26.9 Å². The molecule has 1 amide bonds. The summed E-state index contributed by atoms with van der Waals surface area (Å²) in [6.45, 7) is 2.93. The number of fused-ring (bicyclic) bond motifs is 1. The summed E-state index contributed by atoms with van der Waals surface area (Å²) in [5.74, 6) is 2.50. The van der Waals surface area contributed by atoms with Crippen LogP contribution in [0, 0.1) is 0 Å². The van der Waals surface area contributed by atoms with E-state index >= 15 is 0 Å². The van der Waals surface area contributed by atoms with Crippen LogP contribution in [0.25, 0.3) is 0 Å². The number of carbonyl (C=O) groups excluding carboxylic acids is 1. The lowest BCUT2D eigenvalue weighted by molar-refractivity contribution is -0.123. The SMILES string of the molecule is COc1cccc(OCC(=O)N[C@@H](C)c2ccc3c(c2)OCCO3)c1. The van der Waals surface area contributed by atoms with Gasteiger partial charge >= 0.3 is 0 Å². The van der Waals surface area contributed by atoms with Gasteiger partial charge in [-0.2, -0.15) is 0 Å². The molecule has 0 aliphatic carbocycles. The van der Waals surface area contributed by atoms with Crippen LogP contribution in [0.4, 0.5) is 0 Å². The fraction of sp³-hybridized carbons (Fsp3) is 0.316. The van der Waals surface area contributed by atoms with Crippen LogP contribution < -0.4 is 24.3 Å². The molecule has 0 aromatic heterocycles. The monoisotopic (exact) mass is 343 g/mol. The van der Waals surface area contributed by atoms with E-state index in [4.69, 9.17) is 18.9 Å². The molecule has 1 aliphatic heterocycles. The Balaban J connectivity index is 1.55. The number of rotatable bonds is 6. The lowest BCUT2D eigenvalue weighted by Gasteiger charge is -2.21. The van der Waals surface area contributed by atoms with Crippen molar-refractivity contribution < 1.29 is 23.7 Å². The van der Waals surface area contributed by atoms with Crippen LogP contribution in [0.5, 0.6) is 23.0 Å². The van der Waals surface area contributed by atoms with Crippen molar-refractivity contribution in [2.45, 2.75) is 13.0 Å². The van der Waals surface area contributed by atoms with E-state index in [0.29, 0.717) is 30.5 Å². The zero-order chi connectivity index (χ0) is 17.6. The number of nitrogens with one attached hydrogen (secondary N) is 1. The number of amides is 1. The molecule has 1 heterocycles. The molecule has 2 aromatic rings. The highest BCUT2D eigenvalue weighted by Gasteiger charge is 2.16. The van der Waals surface area contributed by atoms with E-state index in [1.54, 1.807) is 19.2 Å². The minimum Gasteiger partial charge on any atom is -0.497 e. The molecule has 132 valence electrons. The molecule has 0 bridgehead atoms.